The smallest absolute Gasteiger partial charge is 0.273 e. The summed E-state index contributed by atoms with van der Waals surface area (Å²) in [5.41, 5.74) is 0.675. The topological polar surface area (TPSA) is 72.2 Å². The molecule has 5 nitrogen and oxygen atoms in total. The van der Waals surface area contributed by atoms with E-state index in [0.29, 0.717) is 11.3 Å². The molecular weight excluding hydrogens is 263 g/mol. The lowest BCUT2D eigenvalue weighted by atomic mass is 10.1. The van der Waals surface area contributed by atoms with Crippen molar-refractivity contribution < 1.29 is 14.1 Å². The second-order valence-electron chi connectivity index (χ2n) is 4.12. The first-order chi connectivity index (χ1) is 9.56. The SMILES string of the molecule is O=C(Cc1ccccc1[N+](=O)[O-])Nc1ccc(F)cc1. The molecule has 0 aliphatic carbocycles. The maximum absolute atomic E-state index is 12.7. The summed E-state index contributed by atoms with van der Waals surface area (Å²) in [5, 5.41) is 13.4. The van der Waals surface area contributed by atoms with Crippen LogP contribution in [0.1, 0.15) is 5.56 Å². The van der Waals surface area contributed by atoms with E-state index >= 15 is 0 Å². The van der Waals surface area contributed by atoms with Crippen molar-refractivity contribution in [3.8, 4) is 0 Å². The molecule has 2 aromatic carbocycles. The molecule has 0 aliphatic rings. The van der Waals surface area contributed by atoms with E-state index in [1.54, 1.807) is 12.1 Å². The third-order valence-corrected chi connectivity index (χ3v) is 2.67. The number of nitro benzene ring substituents is 1. The lowest BCUT2D eigenvalue weighted by molar-refractivity contribution is -0.385. The van der Waals surface area contributed by atoms with Crippen LogP contribution in [0.25, 0.3) is 0 Å². The minimum Gasteiger partial charge on any atom is -0.326 e. The molecule has 0 heterocycles. The first-order valence-electron chi connectivity index (χ1n) is 5.84. The molecule has 0 aromatic heterocycles. The maximum Gasteiger partial charge on any atom is 0.273 e. The van der Waals surface area contributed by atoms with Crippen molar-refractivity contribution in [3.63, 3.8) is 0 Å². The zero-order valence-corrected chi connectivity index (χ0v) is 10.4. The summed E-state index contributed by atoms with van der Waals surface area (Å²) in [6.07, 6.45) is -0.117. The Kier molecular flexibility index (Phi) is 4.05. The Bertz CT molecular complexity index is 641. The van der Waals surface area contributed by atoms with Crippen molar-refractivity contribution in [3.05, 3.63) is 70.0 Å². The summed E-state index contributed by atoms with van der Waals surface area (Å²) < 4.78 is 12.7. The largest absolute Gasteiger partial charge is 0.326 e. The molecule has 0 saturated carbocycles. The molecule has 2 aromatic rings. The van der Waals surface area contributed by atoms with Crippen LogP contribution in [0.5, 0.6) is 0 Å². The maximum atomic E-state index is 12.7. The molecule has 0 saturated heterocycles. The van der Waals surface area contributed by atoms with Gasteiger partial charge in [-0.3, -0.25) is 14.9 Å². The number of carbonyl (C=O) groups excluding carboxylic acids is 1. The van der Waals surface area contributed by atoms with E-state index in [2.05, 4.69) is 5.32 Å². The lowest BCUT2D eigenvalue weighted by Crippen LogP contribution is -2.15. The van der Waals surface area contributed by atoms with Gasteiger partial charge in [0.25, 0.3) is 5.69 Å². The van der Waals surface area contributed by atoms with E-state index in [0.717, 1.165) is 0 Å². The molecule has 0 spiro atoms. The summed E-state index contributed by atoms with van der Waals surface area (Å²) in [6.45, 7) is 0. The van der Waals surface area contributed by atoms with E-state index in [4.69, 9.17) is 0 Å². The Balaban J connectivity index is 2.08. The van der Waals surface area contributed by atoms with Gasteiger partial charge in [-0.15, -0.1) is 0 Å². The molecule has 6 heteroatoms. The van der Waals surface area contributed by atoms with Crippen LogP contribution >= 0.6 is 0 Å². The number of amides is 1. The predicted octanol–water partition coefficient (Wildman–Crippen LogP) is 2.92. The molecule has 0 bridgehead atoms. The summed E-state index contributed by atoms with van der Waals surface area (Å²) in [5.74, 6) is -0.799. The second-order valence-corrected chi connectivity index (χ2v) is 4.12. The fourth-order valence-electron chi connectivity index (χ4n) is 1.75. The van der Waals surface area contributed by atoms with E-state index in [1.165, 1.54) is 36.4 Å². The monoisotopic (exact) mass is 274 g/mol. The average Bonchev–Trinajstić information content (AvgIpc) is 2.41. The summed E-state index contributed by atoms with van der Waals surface area (Å²) in [6, 6.07) is 11.3. The number of benzene rings is 2. The number of nitrogens with zero attached hydrogens (tertiary/aromatic N) is 1. The van der Waals surface area contributed by atoms with Crippen LogP contribution in [0.3, 0.4) is 0 Å². The van der Waals surface area contributed by atoms with Gasteiger partial charge in [0.2, 0.25) is 5.91 Å². The molecule has 1 N–H and O–H groups in total. The quantitative estimate of drug-likeness (QED) is 0.688. The highest BCUT2D eigenvalue weighted by Crippen LogP contribution is 2.18. The van der Waals surface area contributed by atoms with Crippen LogP contribution < -0.4 is 5.32 Å². The first-order valence-corrected chi connectivity index (χ1v) is 5.84. The van der Waals surface area contributed by atoms with Crippen LogP contribution in [0.15, 0.2) is 48.5 Å². The highest BCUT2D eigenvalue weighted by molar-refractivity contribution is 5.92. The van der Waals surface area contributed by atoms with Crippen molar-refractivity contribution in [1.29, 1.82) is 0 Å². The Morgan fingerprint density at radius 1 is 1.15 bits per heavy atom. The molecule has 1 amide bonds. The standard InChI is InChI=1S/C14H11FN2O3/c15-11-5-7-12(8-6-11)16-14(18)9-10-3-1-2-4-13(10)17(19)20/h1-8H,9H2,(H,16,18). The third kappa shape index (κ3) is 3.38. The van der Waals surface area contributed by atoms with Gasteiger partial charge in [0, 0.05) is 17.3 Å². The van der Waals surface area contributed by atoms with Gasteiger partial charge in [0.15, 0.2) is 0 Å². The van der Waals surface area contributed by atoms with Crippen LogP contribution in [-0.4, -0.2) is 10.8 Å². The number of nitrogens with one attached hydrogen (secondary N) is 1. The molecule has 0 fully saturated rings. The van der Waals surface area contributed by atoms with Gasteiger partial charge in [-0.1, -0.05) is 18.2 Å². The van der Waals surface area contributed by atoms with E-state index in [-0.39, 0.29) is 12.1 Å². The predicted molar refractivity (Wildman–Crippen MR) is 71.8 cm³/mol. The van der Waals surface area contributed by atoms with Gasteiger partial charge in [-0.05, 0) is 24.3 Å². The molecule has 0 aliphatic heterocycles. The molecule has 0 unspecified atom stereocenters. The van der Waals surface area contributed by atoms with Crippen molar-refractivity contribution in [2.45, 2.75) is 6.42 Å². The highest BCUT2D eigenvalue weighted by Gasteiger charge is 2.15. The number of carbonyl (C=O) groups is 1. The Morgan fingerprint density at radius 3 is 2.45 bits per heavy atom. The number of nitro groups is 1. The van der Waals surface area contributed by atoms with Crippen molar-refractivity contribution >= 4 is 17.3 Å². The normalized spacial score (nSPS) is 10.1. The molecule has 0 radical (unpaired) electrons. The summed E-state index contributed by atoms with van der Waals surface area (Å²) in [4.78, 5) is 22.1. The molecule has 20 heavy (non-hydrogen) atoms. The second kappa shape index (κ2) is 5.92. The van der Waals surface area contributed by atoms with E-state index in [9.17, 15) is 19.3 Å². The Hall–Kier alpha value is -2.76. The Labute approximate surface area is 114 Å². The third-order valence-electron chi connectivity index (χ3n) is 2.67. The zero-order chi connectivity index (χ0) is 14.5. The van der Waals surface area contributed by atoms with Crippen molar-refractivity contribution in [2.75, 3.05) is 5.32 Å². The van der Waals surface area contributed by atoms with E-state index in [1.807, 2.05) is 0 Å². The Morgan fingerprint density at radius 2 is 1.80 bits per heavy atom. The molecule has 2 rings (SSSR count). The van der Waals surface area contributed by atoms with Crippen LogP contribution in [-0.2, 0) is 11.2 Å². The van der Waals surface area contributed by atoms with Crippen LogP contribution in [0.2, 0.25) is 0 Å². The zero-order valence-electron chi connectivity index (χ0n) is 10.4. The lowest BCUT2D eigenvalue weighted by Gasteiger charge is -2.05. The van der Waals surface area contributed by atoms with E-state index < -0.39 is 16.6 Å². The number of anilines is 1. The number of para-hydroxylation sites is 1. The van der Waals surface area contributed by atoms with Gasteiger partial charge in [-0.2, -0.15) is 0 Å². The molecule has 102 valence electrons. The number of rotatable bonds is 4. The first kappa shape index (κ1) is 13.7. The minimum absolute atomic E-state index is 0.0956. The number of hydrogen-bond donors (Lipinski definition) is 1. The highest BCUT2D eigenvalue weighted by atomic mass is 19.1. The van der Waals surface area contributed by atoms with Crippen LogP contribution in [0.4, 0.5) is 15.8 Å². The average molecular weight is 274 g/mol. The van der Waals surface area contributed by atoms with Gasteiger partial charge >= 0.3 is 0 Å². The van der Waals surface area contributed by atoms with Crippen LogP contribution in [0, 0.1) is 15.9 Å². The fraction of sp³-hybridized carbons (Fsp3) is 0.0714. The van der Waals surface area contributed by atoms with Gasteiger partial charge in [0.1, 0.15) is 5.82 Å². The number of halogens is 1. The summed E-state index contributed by atoms with van der Waals surface area (Å²) in [7, 11) is 0. The fourth-order valence-corrected chi connectivity index (χ4v) is 1.75. The number of hydrogen-bond acceptors (Lipinski definition) is 3. The van der Waals surface area contributed by atoms with Crippen molar-refractivity contribution in [2.24, 2.45) is 0 Å². The van der Waals surface area contributed by atoms with Gasteiger partial charge < -0.3 is 5.32 Å². The minimum atomic E-state index is -0.527. The molecular formula is C14H11FN2O3. The van der Waals surface area contributed by atoms with Gasteiger partial charge in [-0.25, -0.2) is 4.39 Å². The summed E-state index contributed by atoms with van der Waals surface area (Å²) >= 11 is 0. The molecule has 0 atom stereocenters. The van der Waals surface area contributed by atoms with Gasteiger partial charge in [0.05, 0.1) is 11.3 Å². The van der Waals surface area contributed by atoms with Crippen molar-refractivity contribution in [1.82, 2.24) is 0 Å².